The van der Waals surface area contributed by atoms with Crippen molar-refractivity contribution in [2.45, 2.75) is 17.7 Å². The van der Waals surface area contributed by atoms with Crippen LogP contribution in [0.5, 0.6) is 0 Å². The molecular formula is C17H19N5O3S. The molecule has 2 heterocycles. The van der Waals surface area contributed by atoms with Gasteiger partial charge in [-0.2, -0.15) is 0 Å². The average molecular weight is 373 g/mol. The van der Waals surface area contributed by atoms with Crippen molar-refractivity contribution in [2.75, 3.05) is 13.6 Å². The summed E-state index contributed by atoms with van der Waals surface area (Å²) in [5, 5.41) is 10.7. The van der Waals surface area contributed by atoms with Crippen molar-refractivity contribution in [3.05, 3.63) is 60.0 Å². The van der Waals surface area contributed by atoms with Gasteiger partial charge in [-0.1, -0.05) is 6.07 Å². The monoisotopic (exact) mass is 373 g/mol. The molecule has 0 aliphatic rings. The van der Waals surface area contributed by atoms with Crippen LogP contribution in [-0.4, -0.2) is 42.5 Å². The fourth-order valence-corrected chi connectivity index (χ4v) is 3.60. The van der Waals surface area contributed by atoms with Gasteiger partial charge in [0.25, 0.3) is 5.91 Å². The molecule has 2 N–H and O–H groups in total. The van der Waals surface area contributed by atoms with Crippen LogP contribution in [0.25, 0.3) is 5.65 Å². The number of carbonyl (C=O) groups excluding carboxylic acids is 1. The van der Waals surface area contributed by atoms with Crippen molar-refractivity contribution < 1.29 is 13.2 Å². The van der Waals surface area contributed by atoms with Crippen LogP contribution in [0.2, 0.25) is 0 Å². The van der Waals surface area contributed by atoms with Crippen molar-refractivity contribution in [2.24, 2.45) is 0 Å². The number of hydrogen-bond acceptors (Lipinski definition) is 5. The number of rotatable bonds is 7. The molecule has 0 bridgehead atoms. The first-order valence-electron chi connectivity index (χ1n) is 8.12. The number of nitrogens with one attached hydrogen (secondary N) is 2. The normalized spacial score (nSPS) is 11.6. The summed E-state index contributed by atoms with van der Waals surface area (Å²) in [6.45, 7) is 0.279. The number of amides is 1. The van der Waals surface area contributed by atoms with Crippen LogP contribution in [-0.2, 0) is 16.4 Å². The molecule has 136 valence electrons. The first-order valence-corrected chi connectivity index (χ1v) is 9.60. The minimum absolute atomic E-state index is 0.123. The van der Waals surface area contributed by atoms with Crippen molar-refractivity contribution in [1.29, 1.82) is 0 Å². The molecule has 1 amide bonds. The van der Waals surface area contributed by atoms with Crippen LogP contribution in [0, 0.1) is 0 Å². The number of pyridine rings is 1. The molecule has 9 heteroatoms. The molecule has 0 unspecified atom stereocenters. The Balaban J connectivity index is 1.57. The van der Waals surface area contributed by atoms with E-state index >= 15 is 0 Å². The minimum atomic E-state index is -3.62. The third-order valence-corrected chi connectivity index (χ3v) is 5.38. The lowest BCUT2D eigenvalue weighted by molar-refractivity contribution is 0.0963. The zero-order valence-corrected chi connectivity index (χ0v) is 15.0. The fraction of sp³-hybridized carbons (Fsp3) is 0.235. The Labute approximate surface area is 151 Å². The van der Waals surface area contributed by atoms with E-state index in [2.05, 4.69) is 20.2 Å². The van der Waals surface area contributed by atoms with E-state index in [0.717, 1.165) is 11.5 Å². The summed E-state index contributed by atoms with van der Waals surface area (Å²) < 4.78 is 29.1. The summed E-state index contributed by atoms with van der Waals surface area (Å²) in [4.78, 5) is 11.6. The Morgan fingerprint density at radius 3 is 2.62 bits per heavy atom. The van der Waals surface area contributed by atoms with Crippen molar-refractivity contribution in [3.8, 4) is 0 Å². The lowest BCUT2D eigenvalue weighted by atomic mass is 10.2. The number of aromatic nitrogens is 3. The predicted molar refractivity (Wildman–Crippen MR) is 96.3 cm³/mol. The first kappa shape index (κ1) is 18.0. The summed E-state index contributed by atoms with van der Waals surface area (Å²) >= 11 is 0. The van der Waals surface area contributed by atoms with E-state index in [9.17, 15) is 13.2 Å². The molecule has 8 nitrogen and oxygen atoms in total. The van der Waals surface area contributed by atoms with E-state index in [0.29, 0.717) is 18.4 Å². The second kappa shape index (κ2) is 7.63. The van der Waals surface area contributed by atoms with Gasteiger partial charge in [0, 0.05) is 31.8 Å². The van der Waals surface area contributed by atoms with Crippen LogP contribution >= 0.6 is 0 Å². The molecule has 2 aromatic heterocycles. The second-order valence-electron chi connectivity index (χ2n) is 5.65. The van der Waals surface area contributed by atoms with Crippen molar-refractivity contribution in [3.63, 3.8) is 0 Å². The summed E-state index contributed by atoms with van der Waals surface area (Å²) in [6, 6.07) is 11.4. The molecule has 0 saturated carbocycles. The van der Waals surface area contributed by atoms with E-state index in [1.807, 2.05) is 28.8 Å². The van der Waals surface area contributed by atoms with E-state index in [1.165, 1.54) is 31.3 Å². The Bertz CT molecular complexity index is 1010. The highest BCUT2D eigenvalue weighted by Crippen LogP contribution is 2.11. The lowest BCUT2D eigenvalue weighted by Crippen LogP contribution is -2.25. The summed E-state index contributed by atoms with van der Waals surface area (Å²) in [5.41, 5.74) is 1.17. The molecule has 0 saturated heterocycles. The maximum absolute atomic E-state index is 12.3. The molecule has 0 radical (unpaired) electrons. The zero-order chi connectivity index (χ0) is 18.6. The number of carbonyl (C=O) groups is 1. The molecule has 0 spiro atoms. The van der Waals surface area contributed by atoms with Crippen LogP contribution in [0.15, 0.2) is 53.6 Å². The number of hydrogen-bond donors (Lipinski definition) is 2. The maximum atomic E-state index is 12.3. The van der Waals surface area contributed by atoms with Crippen molar-refractivity contribution >= 4 is 21.6 Å². The van der Waals surface area contributed by atoms with E-state index in [4.69, 9.17) is 0 Å². The van der Waals surface area contributed by atoms with Gasteiger partial charge >= 0.3 is 0 Å². The third-order valence-electron chi connectivity index (χ3n) is 3.91. The predicted octanol–water partition coefficient (Wildman–Crippen LogP) is 1.000. The third kappa shape index (κ3) is 3.89. The zero-order valence-electron chi connectivity index (χ0n) is 14.2. The molecule has 0 aliphatic carbocycles. The van der Waals surface area contributed by atoms with Crippen molar-refractivity contribution in [1.82, 2.24) is 24.6 Å². The molecule has 1 aromatic carbocycles. The van der Waals surface area contributed by atoms with Gasteiger partial charge in [0.2, 0.25) is 10.0 Å². The van der Waals surface area contributed by atoms with Crippen LogP contribution < -0.4 is 10.0 Å². The van der Waals surface area contributed by atoms with Gasteiger partial charge in [-0.15, -0.1) is 10.2 Å². The highest BCUT2D eigenvalue weighted by Gasteiger charge is 2.14. The smallest absolute Gasteiger partial charge is 0.251 e. The van der Waals surface area contributed by atoms with Gasteiger partial charge in [0.1, 0.15) is 5.82 Å². The highest BCUT2D eigenvalue weighted by atomic mass is 32.2. The molecular weight excluding hydrogens is 354 g/mol. The summed E-state index contributed by atoms with van der Waals surface area (Å²) in [7, 11) is -2.10. The standard InChI is InChI=1S/C17H19N5O3S/c1-18-17(23)13-7-9-14(10-8-13)26(24,25)19-11-4-6-16-21-20-15-5-2-3-12-22(15)16/h2-3,5,7-10,12,19H,4,6,11H2,1H3,(H,18,23). The molecule has 3 aromatic rings. The average Bonchev–Trinajstić information content (AvgIpc) is 3.08. The Kier molecular flexibility index (Phi) is 5.29. The van der Waals surface area contributed by atoms with E-state index < -0.39 is 10.0 Å². The number of benzene rings is 1. The quantitative estimate of drug-likeness (QED) is 0.601. The van der Waals surface area contributed by atoms with Gasteiger partial charge in [0.05, 0.1) is 4.90 Å². The summed E-state index contributed by atoms with van der Waals surface area (Å²) in [6.07, 6.45) is 3.07. The Morgan fingerprint density at radius 1 is 1.12 bits per heavy atom. The summed E-state index contributed by atoms with van der Waals surface area (Å²) in [5.74, 6) is 0.525. The first-order chi connectivity index (χ1) is 12.5. The van der Waals surface area contributed by atoms with Gasteiger partial charge in [-0.05, 0) is 42.8 Å². The van der Waals surface area contributed by atoms with E-state index in [-0.39, 0.29) is 17.3 Å². The minimum Gasteiger partial charge on any atom is -0.355 e. The molecule has 3 rings (SSSR count). The number of aryl methyl sites for hydroxylation is 1. The second-order valence-corrected chi connectivity index (χ2v) is 7.42. The lowest BCUT2D eigenvalue weighted by Gasteiger charge is -2.07. The maximum Gasteiger partial charge on any atom is 0.251 e. The van der Waals surface area contributed by atoms with Gasteiger partial charge < -0.3 is 5.32 Å². The van der Waals surface area contributed by atoms with Crippen LogP contribution in [0.4, 0.5) is 0 Å². The largest absolute Gasteiger partial charge is 0.355 e. The SMILES string of the molecule is CNC(=O)c1ccc(S(=O)(=O)NCCCc2nnc3ccccn23)cc1. The van der Waals surface area contributed by atoms with Gasteiger partial charge in [-0.3, -0.25) is 9.20 Å². The van der Waals surface area contributed by atoms with Crippen LogP contribution in [0.1, 0.15) is 22.6 Å². The van der Waals surface area contributed by atoms with E-state index in [1.54, 1.807) is 0 Å². The molecule has 0 fully saturated rings. The molecule has 26 heavy (non-hydrogen) atoms. The molecule has 0 atom stereocenters. The fourth-order valence-electron chi connectivity index (χ4n) is 2.53. The number of sulfonamides is 1. The number of nitrogens with zero attached hydrogens (tertiary/aromatic N) is 3. The van der Waals surface area contributed by atoms with Gasteiger partial charge in [0.15, 0.2) is 5.65 Å². The van der Waals surface area contributed by atoms with Gasteiger partial charge in [-0.25, -0.2) is 13.1 Å². The Morgan fingerprint density at radius 2 is 1.88 bits per heavy atom. The molecule has 0 aliphatic heterocycles. The number of fused-ring (bicyclic) bond motifs is 1. The highest BCUT2D eigenvalue weighted by molar-refractivity contribution is 7.89. The topological polar surface area (TPSA) is 105 Å². The Hall–Kier alpha value is -2.78. The van der Waals surface area contributed by atoms with Crippen LogP contribution in [0.3, 0.4) is 0 Å².